The highest BCUT2D eigenvalue weighted by atomic mass is 32.2. The third-order valence-corrected chi connectivity index (χ3v) is 4.63. The normalized spacial score (nSPS) is 10.5. The Morgan fingerprint density at radius 3 is 2.73 bits per heavy atom. The summed E-state index contributed by atoms with van der Waals surface area (Å²) in [5.41, 5.74) is 0.475. The first-order valence-corrected chi connectivity index (χ1v) is 8.86. The molecule has 0 atom stereocenters. The van der Waals surface area contributed by atoms with Crippen LogP contribution in [0.3, 0.4) is 0 Å². The number of nitrogens with one attached hydrogen (secondary N) is 1. The van der Waals surface area contributed by atoms with Crippen LogP contribution in [0.15, 0.2) is 72.1 Å². The van der Waals surface area contributed by atoms with Gasteiger partial charge in [-0.1, -0.05) is 18.2 Å². The molecule has 1 N–H and O–H groups in total. The van der Waals surface area contributed by atoms with Crippen molar-refractivity contribution in [2.24, 2.45) is 0 Å². The minimum atomic E-state index is -0.503. The molecule has 0 bridgehead atoms. The van der Waals surface area contributed by atoms with E-state index >= 15 is 0 Å². The number of aromatic nitrogens is 2. The van der Waals surface area contributed by atoms with Crippen LogP contribution in [0.25, 0.3) is 5.69 Å². The number of hydrogen-bond acceptors (Lipinski definition) is 5. The van der Waals surface area contributed by atoms with Gasteiger partial charge in [0.25, 0.3) is 11.6 Å². The maximum Gasteiger partial charge on any atom is 0.294 e. The van der Waals surface area contributed by atoms with Gasteiger partial charge in [0.1, 0.15) is 5.69 Å². The van der Waals surface area contributed by atoms with E-state index in [1.165, 1.54) is 23.2 Å². The number of amides is 1. The molecule has 8 heteroatoms. The monoisotopic (exact) mass is 368 g/mol. The molecule has 0 aliphatic carbocycles. The maximum absolute atomic E-state index is 12.3. The van der Waals surface area contributed by atoms with Crippen molar-refractivity contribution in [3.63, 3.8) is 0 Å². The lowest BCUT2D eigenvalue weighted by Crippen LogP contribution is -2.25. The minimum absolute atomic E-state index is 0.144. The lowest BCUT2D eigenvalue weighted by molar-refractivity contribution is -0.384. The Morgan fingerprint density at radius 1 is 1.23 bits per heavy atom. The number of carbonyl (C=O) groups excluding carboxylic acids is 1. The summed E-state index contributed by atoms with van der Waals surface area (Å²) in [5.74, 6) is 0.379. The van der Waals surface area contributed by atoms with Gasteiger partial charge in [0.2, 0.25) is 0 Å². The van der Waals surface area contributed by atoms with E-state index in [0.29, 0.717) is 18.0 Å². The van der Waals surface area contributed by atoms with Gasteiger partial charge in [0.15, 0.2) is 0 Å². The number of nitro benzene ring substituents is 1. The van der Waals surface area contributed by atoms with Crippen molar-refractivity contribution in [2.45, 2.75) is 4.90 Å². The molecule has 7 nitrogen and oxygen atoms in total. The zero-order chi connectivity index (χ0) is 18.4. The molecule has 3 rings (SSSR count). The molecule has 1 aromatic heterocycles. The molecule has 0 saturated carbocycles. The predicted octanol–water partition coefficient (Wildman–Crippen LogP) is 3.30. The first-order chi connectivity index (χ1) is 12.6. The summed E-state index contributed by atoms with van der Waals surface area (Å²) >= 11 is 1.63. The first-order valence-electron chi connectivity index (χ1n) is 7.88. The summed E-state index contributed by atoms with van der Waals surface area (Å²) in [6.07, 6.45) is 4.63. The fraction of sp³-hybridized carbons (Fsp3) is 0.111. The summed E-state index contributed by atoms with van der Waals surface area (Å²) in [7, 11) is 0. The van der Waals surface area contributed by atoms with E-state index in [1.54, 1.807) is 30.1 Å². The van der Waals surface area contributed by atoms with Crippen LogP contribution in [-0.2, 0) is 0 Å². The van der Waals surface area contributed by atoms with E-state index in [2.05, 4.69) is 10.3 Å². The van der Waals surface area contributed by atoms with E-state index < -0.39 is 4.92 Å². The van der Waals surface area contributed by atoms with Gasteiger partial charge in [-0.2, -0.15) is 0 Å². The van der Waals surface area contributed by atoms with Crippen molar-refractivity contribution in [1.29, 1.82) is 0 Å². The Labute approximate surface area is 154 Å². The number of thioether (sulfide) groups is 1. The first kappa shape index (κ1) is 17.7. The lowest BCUT2D eigenvalue weighted by Gasteiger charge is -2.08. The van der Waals surface area contributed by atoms with Gasteiger partial charge in [-0.05, 0) is 24.3 Å². The number of imidazole rings is 1. The third-order valence-electron chi connectivity index (χ3n) is 3.62. The molecule has 0 unspecified atom stereocenters. The fourth-order valence-electron chi connectivity index (χ4n) is 2.38. The third kappa shape index (κ3) is 4.28. The predicted molar refractivity (Wildman–Crippen MR) is 99.7 cm³/mol. The molecule has 132 valence electrons. The van der Waals surface area contributed by atoms with E-state index in [9.17, 15) is 14.9 Å². The zero-order valence-electron chi connectivity index (χ0n) is 13.7. The molecule has 0 saturated heterocycles. The minimum Gasteiger partial charge on any atom is -0.351 e. The summed E-state index contributed by atoms with van der Waals surface area (Å²) in [4.78, 5) is 28.1. The second-order valence-corrected chi connectivity index (χ2v) is 6.52. The van der Waals surface area contributed by atoms with Crippen LogP contribution < -0.4 is 5.32 Å². The summed E-state index contributed by atoms with van der Waals surface area (Å²) in [5, 5.41) is 14.1. The van der Waals surface area contributed by atoms with E-state index in [4.69, 9.17) is 0 Å². The number of rotatable bonds is 7. The Morgan fingerprint density at radius 2 is 2.04 bits per heavy atom. The highest BCUT2D eigenvalue weighted by Gasteiger charge is 2.18. The smallest absolute Gasteiger partial charge is 0.294 e. The second kappa shape index (κ2) is 8.30. The van der Waals surface area contributed by atoms with E-state index in [1.807, 2.05) is 30.3 Å². The number of nitro groups is 1. The van der Waals surface area contributed by atoms with Crippen LogP contribution in [-0.4, -0.2) is 32.7 Å². The van der Waals surface area contributed by atoms with Crippen molar-refractivity contribution >= 4 is 23.4 Å². The van der Waals surface area contributed by atoms with Gasteiger partial charge in [-0.3, -0.25) is 14.9 Å². The van der Waals surface area contributed by atoms with Crippen molar-refractivity contribution < 1.29 is 9.72 Å². The Hall–Kier alpha value is -3.13. The van der Waals surface area contributed by atoms with Gasteiger partial charge in [-0.15, -0.1) is 11.8 Å². The quantitative estimate of drug-likeness (QED) is 0.299. The molecule has 2 aromatic carbocycles. The van der Waals surface area contributed by atoms with Crippen LogP contribution in [0.5, 0.6) is 0 Å². The molecular formula is C18H16N4O3S. The van der Waals surface area contributed by atoms with Crippen LogP contribution in [0.2, 0.25) is 0 Å². The molecule has 1 heterocycles. The summed E-state index contributed by atoms with van der Waals surface area (Å²) < 4.78 is 1.54. The molecule has 0 aliphatic heterocycles. The molecule has 3 aromatic rings. The highest BCUT2D eigenvalue weighted by Crippen LogP contribution is 2.24. The molecule has 0 aliphatic rings. The summed E-state index contributed by atoms with van der Waals surface area (Å²) in [6, 6.07) is 14.3. The molecular weight excluding hydrogens is 352 g/mol. The largest absolute Gasteiger partial charge is 0.351 e. The standard InChI is InChI=1S/C18H16N4O3S/c23-18(20-9-11-26-15-4-2-1-3-5-15)14-6-7-16(17(12-14)22(24)25)21-10-8-19-13-21/h1-8,10,12-13H,9,11H2,(H,20,23). The molecule has 0 spiro atoms. The van der Waals surface area contributed by atoms with E-state index in [-0.39, 0.29) is 17.2 Å². The topological polar surface area (TPSA) is 90.1 Å². The fourth-order valence-corrected chi connectivity index (χ4v) is 3.17. The molecule has 0 radical (unpaired) electrons. The van der Waals surface area contributed by atoms with Crippen LogP contribution in [0.4, 0.5) is 5.69 Å². The van der Waals surface area contributed by atoms with Gasteiger partial charge < -0.3 is 9.88 Å². The Bertz CT molecular complexity index is 898. The molecule has 1 amide bonds. The van der Waals surface area contributed by atoms with Crippen LogP contribution in [0.1, 0.15) is 10.4 Å². The number of benzene rings is 2. The van der Waals surface area contributed by atoms with E-state index in [0.717, 1.165) is 4.90 Å². The van der Waals surface area contributed by atoms with Crippen molar-refractivity contribution in [3.05, 3.63) is 82.9 Å². The van der Waals surface area contributed by atoms with Gasteiger partial charge >= 0.3 is 0 Å². The second-order valence-electron chi connectivity index (χ2n) is 5.35. The highest BCUT2D eigenvalue weighted by molar-refractivity contribution is 7.99. The van der Waals surface area contributed by atoms with Crippen LogP contribution >= 0.6 is 11.8 Å². The van der Waals surface area contributed by atoms with Crippen LogP contribution in [0, 0.1) is 10.1 Å². The SMILES string of the molecule is O=C(NCCSc1ccccc1)c1ccc(-n2ccnc2)c([N+](=O)[O-])c1. The molecule has 26 heavy (non-hydrogen) atoms. The van der Waals surface area contributed by atoms with Gasteiger partial charge in [0, 0.05) is 41.2 Å². The Kier molecular flexibility index (Phi) is 5.65. The van der Waals surface area contributed by atoms with Gasteiger partial charge in [-0.25, -0.2) is 4.98 Å². The zero-order valence-corrected chi connectivity index (χ0v) is 14.6. The van der Waals surface area contributed by atoms with Crippen molar-refractivity contribution in [1.82, 2.24) is 14.9 Å². The molecule has 0 fully saturated rings. The Balaban J connectivity index is 1.64. The number of hydrogen-bond donors (Lipinski definition) is 1. The average molecular weight is 368 g/mol. The average Bonchev–Trinajstić information content (AvgIpc) is 3.20. The van der Waals surface area contributed by atoms with Crippen molar-refractivity contribution in [2.75, 3.05) is 12.3 Å². The van der Waals surface area contributed by atoms with Gasteiger partial charge in [0.05, 0.1) is 11.3 Å². The maximum atomic E-state index is 12.3. The number of carbonyl (C=O) groups is 1. The summed E-state index contributed by atoms with van der Waals surface area (Å²) in [6.45, 7) is 0.468. The lowest BCUT2D eigenvalue weighted by atomic mass is 10.1. The van der Waals surface area contributed by atoms with Crippen molar-refractivity contribution in [3.8, 4) is 5.69 Å². The number of nitrogens with zero attached hydrogens (tertiary/aromatic N) is 3.